The van der Waals surface area contributed by atoms with Gasteiger partial charge in [0.1, 0.15) is 0 Å². The lowest BCUT2D eigenvalue weighted by Crippen LogP contribution is -2.27. The summed E-state index contributed by atoms with van der Waals surface area (Å²) in [4.78, 5) is 13.0. The van der Waals surface area contributed by atoms with Crippen LogP contribution in [0, 0.1) is 0 Å². The smallest absolute Gasteiger partial charge is 0.243 e. The summed E-state index contributed by atoms with van der Waals surface area (Å²) in [6.07, 6.45) is 0. The summed E-state index contributed by atoms with van der Waals surface area (Å²) in [5, 5.41) is 0. The van der Waals surface area contributed by atoms with Gasteiger partial charge in [-0.2, -0.15) is 4.31 Å². The van der Waals surface area contributed by atoms with E-state index >= 15 is 0 Å². The molecule has 0 atom stereocenters. The maximum Gasteiger partial charge on any atom is 0.243 e. The molecule has 0 aliphatic rings. The Morgan fingerprint density at radius 2 is 1.52 bits per heavy atom. The van der Waals surface area contributed by atoms with Crippen LogP contribution in [-0.2, 0) is 21.4 Å². The van der Waals surface area contributed by atoms with Crippen LogP contribution >= 0.6 is 0 Å². The average molecular weight is 332 g/mol. The fraction of sp³-hybridized carbons (Fsp3) is 0.235. The van der Waals surface area contributed by atoms with Gasteiger partial charge in [0.25, 0.3) is 0 Å². The molecule has 0 radical (unpaired) electrons. The first-order chi connectivity index (χ1) is 10.8. The molecule has 0 N–H and O–H groups in total. The van der Waals surface area contributed by atoms with Gasteiger partial charge in [-0.25, -0.2) is 8.42 Å². The van der Waals surface area contributed by atoms with Crippen LogP contribution in [0.25, 0.3) is 0 Å². The van der Waals surface area contributed by atoms with Crippen molar-refractivity contribution in [2.24, 2.45) is 0 Å². The molecule has 0 aliphatic heterocycles. The van der Waals surface area contributed by atoms with Crippen LogP contribution < -0.4 is 4.90 Å². The van der Waals surface area contributed by atoms with E-state index in [1.54, 1.807) is 26.2 Å². The van der Waals surface area contributed by atoms with E-state index in [-0.39, 0.29) is 10.8 Å². The fourth-order valence-electron chi connectivity index (χ4n) is 2.13. The number of rotatable bonds is 5. The second kappa shape index (κ2) is 6.93. The Labute approximate surface area is 137 Å². The topological polar surface area (TPSA) is 57.7 Å². The number of hydrogen-bond donors (Lipinski definition) is 0. The van der Waals surface area contributed by atoms with Gasteiger partial charge in [0, 0.05) is 33.3 Å². The van der Waals surface area contributed by atoms with Gasteiger partial charge in [0.05, 0.1) is 4.90 Å². The lowest BCUT2D eigenvalue weighted by Gasteiger charge is -2.19. The summed E-state index contributed by atoms with van der Waals surface area (Å²) in [5.74, 6) is -0.109. The highest BCUT2D eigenvalue weighted by Crippen LogP contribution is 2.20. The van der Waals surface area contributed by atoms with Crippen molar-refractivity contribution in [3.8, 4) is 0 Å². The summed E-state index contributed by atoms with van der Waals surface area (Å²) < 4.78 is 26.5. The third-order valence-corrected chi connectivity index (χ3v) is 5.47. The number of sulfonamides is 1. The van der Waals surface area contributed by atoms with E-state index in [4.69, 9.17) is 0 Å². The van der Waals surface area contributed by atoms with E-state index in [2.05, 4.69) is 0 Å². The van der Waals surface area contributed by atoms with Crippen molar-refractivity contribution >= 4 is 21.6 Å². The van der Waals surface area contributed by atoms with E-state index in [0.717, 1.165) is 5.56 Å². The molecule has 122 valence electrons. The van der Waals surface area contributed by atoms with Gasteiger partial charge in [0.2, 0.25) is 15.9 Å². The molecule has 23 heavy (non-hydrogen) atoms. The first kappa shape index (κ1) is 17.2. The first-order valence-corrected chi connectivity index (χ1v) is 8.61. The third-order valence-electron chi connectivity index (χ3n) is 3.65. The van der Waals surface area contributed by atoms with E-state index in [9.17, 15) is 13.2 Å². The van der Waals surface area contributed by atoms with Crippen LogP contribution in [0.2, 0.25) is 0 Å². The third kappa shape index (κ3) is 3.97. The largest absolute Gasteiger partial charge is 0.316 e. The maximum absolute atomic E-state index is 12.6. The van der Waals surface area contributed by atoms with Crippen molar-refractivity contribution in [2.75, 3.05) is 19.0 Å². The minimum absolute atomic E-state index is 0.109. The molecule has 2 aromatic carbocycles. The summed E-state index contributed by atoms with van der Waals surface area (Å²) in [5.41, 5.74) is 1.58. The van der Waals surface area contributed by atoms with Crippen molar-refractivity contribution in [1.29, 1.82) is 0 Å². The van der Waals surface area contributed by atoms with Crippen LogP contribution in [-0.4, -0.2) is 32.7 Å². The standard InChI is InChI=1S/C17H20N2O3S/c1-14(20)19(3)16-9-11-17(12-10-16)23(21,22)18(2)13-15-7-5-4-6-8-15/h4-12H,13H2,1-3H3. The van der Waals surface area contributed by atoms with Crippen molar-refractivity contribution in [3.63, 3.8) is 0 Å². The highest BCUT2D eigenvalue weighted by atomic mass is 32.2. The SMILES string of the molecule is CC(=O)N(C)c1ccc(S(=O)(=O)N(C)Cc2ccccc2)cc1. The molecular weight excluding hydrogens is 312 g/mol. The number of benzene rings is 2. The molecule has 0 heterocycles. The molecule has 2 rings (SSSR count). The molecule has 5 nitrogen and oxygen atoms in total. The average Bonchev–Trinajstić information content (AvgIpc) is 2.55. The number of nitrogens with zero attached hydrogens (tertiary/aromatic N) is 2. The molecule has 0 spiro atoms. The van der Waals surface area contributed by atoms with Gasteiger partial charge in [-0.3, -0.25) is 4.79 Å². The maximum atomic E-state index is 12.6. The molecule has 6 heteroatoms. The number of anilines is 1. The van der Waals surface area contributed by atoms with Gasteiger partial charge in [0.15, 0.2) is 0 Å². The molecule has 0 aromatic heterocycles. The lowest BCUT2D eigenvalue weighted by atomic mass is 10.2. The minimum atomic E-state index is -3.57. The zero-order valence-electron chi connectivity index (χ0n) is 13.4. The van der Waals surface area contributed by atoms with Crippen molar-refractivity contribution in [2.45, 2.75) is 18.4 Å². The van der Waals surface area contributed by atoms with Gasteiger partial charge in [-0.05, 0) is 29.8 Å². The number of hydrogen-bond acceptors (Lipinski definition) is 3. The highest BCUT2D eigenvalue weighted by Gasteiger charge is 2.21. The highest BCUT2D eigenvalue weighted by molar-refractivity contribution is 7.89. The van der Waals surface area contributed by atoms with E-state index in [0.29, 0.717) is 12.2 Å². The zero-order valence-corrected chi connectivity index (χ0v) is 14.2. The Balaban J connectivity index is 2.20. The number of carbonyl (C=O) groups excluding carboxylic acids is 1. The van der Waals surface area contributed by atoms with Crippen LogP contribution in [0.4, 0.5) is 5.69 Å². The number of amides is 1. The molecule has 0 bridgehead atoms. The van der Waals surface area contributed by atoms with E-state index < -0.39 is 10.0 Å². The summed E-state index contributed by atoms with van der Waals surface area (Å²) in [6.45, 7) is 1.76. The molecule has 0 fully saturated rings. The molecule has 0 saturated carbocycles. The van der Waals surface area contributed by atoms with Crippen molar-refractivity contribution in [3.05, 3.63) is 60.2 Å². The van der Waals surface area contributed by atoms with Gasteiger partial charge in [-0.15, -0.1) is 0 Å². The Kier molecular flexibility index (Phi) is 5.18. The van der Waals surface area contributed by atoms with Crippen LogP contribution in [0.3, 0.4) is 0 Å². The molecule has 0 unspecified atom stereocenters. The second-order valence-electron chi connectivity index (χ2n) is 5.32. The predicted octanol–water partition coefficient (Wildman–Crippen LogP) is 2.49. The van der Waals surface area contributed by atoms with E-state index in [1.165, 1.54) is 28.3 Å². The van der Waals surface area contributed by atoms with Crippen LogP contribution in [0.15, 0.2) is 59.5 Å². The second-order valence-corrected chi connectivity index (χ2v) is 7.36. The van der Waals surface area contributed by atoms with Gasteiger partial charge >= 0.3 is 0 Å². The summed E-state index contributed by atoms with van der Waals surface area (Å²) in [7, 11) is -0.370. The summed E-state index contributed by atoms with van der Waals surface area (Å²) in [6, 6.07) is 15.7. The summed E-state index contributed by atoms with van der Waals surface area (Å²) >= 11 is 0. The van der Waals surface area contributed by atoms with Gasteiger partial charge < -0.3 is 4.90 Å². The van der Waals surface area contributed by atoms with Crippen LogP contribution in [0.5, 0.6) is 0 Å². The quantitative estimate of drug-likeness (QED) is 0.845. The molecule has 0 aliphatic carbocycles. The number of carbonyl (C=O) groups is 1. The molecule has 0 saturated heterocycles. The lowest BCUT2D eigenvalue weighted by molar-refractivity contribution is -0.116. The Morgan fingerprint density at radius 1 is 0.957 bits per heavy atom. The Hall–Kier alpha value is -2.18. The normalized spacial score (nSPS) is 11.5. The minimum Gasteiger partial charge on any atom is -0.316 e. The molecule has 2 aromatic rings. The predicted molar refractivity (Wildman–Crippen MR) is 90.6 cm³/mol. The van der Waals surface area contributed by atoms with E-state index in [1.807, 2.05) is 30.3 Å². The van der Waals surface area contributed by atoms with Crippen molar-refractivity contribution < 1.29 is 13.2 Å². The molecule has 1 amide bonds. The van der Waals surface area contributed by atoms with Crippen molar-refractivity contribution in [1.82, 2.24) is 4.31 Å². The zero-order chi connectivity index (χ0) is 17.0. The monoisotopic (exact) mass is 332 g/mol. The Morgan fingerprint density at radius 3 is 2.04 bits per heavy atom. The first-order valence-electron chi connectivity index (χ1n) is 7.17. The van der Waals surface area contributed by atoms with Gasteiger partial charge in [-0.1, -0.05) is 30.3 Å². The molecular formula is C17H20N2O3S. The Bertz CT molecular complexity index is 771. The fourth-order valence-corrected chi connectivity index (χ4v) is 3.29. The van der Waals surface area contributed by atoms with Crippen LogP contribution in [0.1, 0.15) is 12.5 Å².